The quantitative estimate of drug-likeness (QED) is 0.872. The number of carbonyl (C=O) groups is 1. The lowest BCUT2D eigenvalue weighted by Crippen LogP contribution is -2.32. The van der Waals surface area contributed by atoms with Gasteiger partial charge >= 0.3 is 0 Å². The first-order chi connectivity index (χ1) is 11.6. The van der Waals surface area contributed by atoms with Crippen molar-refractivity contribution in [3.8, 4) is 11.5 Å². The molecule has 0 unspecified atom stereocenters. The Bertz CT molecular complexity index is 710. The second-order valence-electron chi connectivity index (χ2n) is 6.09. The van der Waals surface area contributed by atoms with E-state index in [0.29, 0.717) is 42.1 Å². The minimum atomic E-state index is -0.247. The summed E-state index contributed by atoms with van der Waals surface area (Å²) in [4.78, 5) is 12.9. The van der Waals surface area contributed by atoms with E-state index in [9.17, 15) is 4.79 Å². The van der Waals surface area contributed by atoms with Gasteiger partial charge in [0.05, 0.1) is 0 Å². The molecule has 1 amide bonds. The Hall–Kier alpha value is -2.05. The van der Waals surface area contributed by atoms with Gasteiger partial charge in [0, 0.05) is 18.0 Å². The Kier molecular flexibility index (Phi) is 5.06. The van der Waals surface area contributed by atoms with Crippen molar-refractivity contribution in [3.63, 3.8) is 0 Å². The molecule has 1 aliphatic rings. The molecule has 0 radical (unpaired) electrons. The summed E-state index contributed by atoms with van der Waals surface area (Å²) in [5.74, 6) is 1.49. The number of nitrogens with one attached hydrogen (secondary N) is 1. The van der Waals surface area contributed by atoms with E-state index in [4.69, 9.17) is 15.2 Å². The van der Waals surface area contributed by atoms with Gasteiger partial charge < -0.3 is 20.5 Å². The van der Waals surface area contributed by atoms with Crippen molar-refractivity contribution in [2.24, 2.45) is 5.73 Å². The first kappa shape index (κ1) is 16.8. The fourth-order valence-corrected chi connectivity index (χ4v) is 3.39. The molecule has 0 spiro atoms. The van der Waals surface area contributed by atoms with Crippen molar-refractivity contribution >= 4 is 17.2 Å². The van der Waals surface area contributed by atoms with Gasteiger partial charge in [0.15, 0.2) is 11.5 Å². The Balaban J connectivity index is 1.60. The number of rotatable bonds is 5. The average molecular weight is 346 g/mol. The molecule has 2 heterocycles. The number of hydrogen-bond donors (Lipinski definition) is 2. The van der Waals surface area contributed by atoms with Gasteiger partial charge in [-0.15, -0.1) is 11.3 Å². The summed E-state index contributed by atoms with van der Waals surface area (Å²) in [5, 5.41) is 4.68. The Morgan fingerprint density at radius 2 is 1.88 bits per heavy atom. The Labute approximate surface area is 145 Å². The van der Waals surface area contributed by atoms with Crippen LogP contribution in [0.2, 0.25) is 0 Å². The first-order valence-corrected chi connectivity index (χ1v) is 8.95. The minimum Gasteiger partial charge on any atom is -0.485 e. The summed E-state index contributed by atoms with van der Waals surface area (Å²) >= 11 is 1.32. The summed E-state index contributed by atoms with van der Waals surface area (Å²) in [7, 11) is 0. The van der Waals surface area contributed by atoms with Crippen molar-refractivity contribution in [1.29, 1.82) is 0 Å². The molecule has 0 saturated heterocycles. The Morgan fingerprint density at radius 1 is 1.21 bits per heavy atom. The molecule has 1 aliphatic heterocycles. The lowest BCUT2D eigenvalue weighted by atomic mass is 9.99. The van der Waals surface area contributed by atoms with Gasteiger partial charge in [0.1, 0.15) is 18.1 Å². The van der Waals surface area contributed by atoms with Crippen LogP contribution in [0.4, 0.5) is 0 Å². The zero-order valence-electron chi connectivity index (χ0n) is 13.9. The van der Waals surface area contributed by atoms with E-state index >= 15 is 0 Å². The van der Waals surface area contributed by atoms with Crippen LogP contribution in [0, 0.1) is 0 Å². The number of thiophene rings is 1. The third kappa shape index (κ3) is 3.55. The van der Waals surface area contributed by atoms with Crippen LogP contribution in [0.25, 0.3) is 0 Å². The van der Waals surface area contributed by atoms with Crippen LogP contribution in [0.1, 0.15) is 46.6 Å². The van der Waals surface area contributed by atoms with Crippen LogP contribution in [0.3, 0.4) is 0 Å². The van der Waals surface area contributed by atoms with E-state index in [2.05, 4.69) is 31.3 Å². The van der Waals surface area contributed by atoms with Gasteiger partial charge in [-0.25, -0.2) is 0 Å². The van der Waals surface area contributed by atoms with Crippen LogP contribution in [0.15, 0.2) is 29.6 Å². The van der Waals surface area contributed by atoms with Gasteiger partial charge in [0.2, 0.25) is 0 Å². The number of ether oxygens (including phenoxy) is 2. The van der Waals surface area contributed by atoms with Crippen molar-refractivity contribution in [1.82, 2.24) is 5.32 Å². The molecule has 24 heavy (non-hydrogen) atoms. The molecule has 0 saturated carbocycles. The van der Waals surface area contributed by atoms with Crippen molar-refractivity contribution in [2.75, 3.05) is 19.8 Å². The molecule has 3 N–H and O–H groups in total. The maximum Gasteiger partial charge on any atom is 0.265 e. The third-order valence-corrected chi connectivity index (χ3v) is 4.96. The van der Waals surface area contributed by atoms with E-state index in [1.807, 2.05) is 12.1 Å². The number of fused-ring (bicyclic) bond motifs is 1. The van der Waals surface area contributed by atoms with Crippen LogP contribution in [-0.4, -0.2) is 25.7 Å². The average Bonchev–Trinajstić information content (AvgIpc) is 3.03. The molecule has 128 valence electrons. The highest BCUT2D eigenvalue weighted by Gasteiger charge is 2.23. The highest BCUT2D eigenvalue weighted by atomic mass is 32.1. The topological polar surface area (TPSA) is 73.6 Å². The summed E-state index contributed by atoms with van der Waals surface area (Å²) in [5.41, 5.74) is 8.48. The molecular formula is C18H22N2O3S. The molecule has 6 heteroatoms. The fourth-order valence-electron chi connectivity index (χ4n) is 2.55. The second-order valence-corrected chi connectivity index (χ2v) is 6.97. The molecular weight excluding hydrogens is 324 g/mol. The summed E-state index contributed by atoms with van der Waals surface area (Å²) < 4.78 is 11.0. The summed E-state index contributed by atoms with van der Waals surface area (Å²) in [6, 6.07) is 7.97. The van der Waals surface area contributed by atoms with Gasteiger partial charge in [-0.3, -0.25) is 4.79 Å². The van der Waals surface area contributed by atoms with Crippen LogP contribution >= 0.6 is 11.3 Å². The number of carbonyl (C=O) groups excluding carboxylic acids is 1. The van der Waals surface area contributed by atoms with Crippen LogP contribution in [0.5, 0.6) is 11.5 Å². The standard InChI is InChI=1S/C18H22N2O3S/c1-11(2)12-3-5-13(6-4-12)14(19)9-20-18(21)17-16-15(10-24-17)22-7-8-23-16/h3-6,10-11,14H,7-9,19H2,1-2H3,(H,20,21)/t14-/m0/s1. The monoisotopic (exact) mass is 346 g/mol. The SMILES string of the molecule is CC(C)c1ccc([C@@H](N)CNC(=O)c2scc3c2OCCO3)cc1. The Morgan fingerprint density at radius 3 is 2.58 bits per heavy atom. The van der Waals surface area contributed by atoms with Gasteiger partial charge in [-0.1, -0.05) is 38.1 Å². The smallest absolute Gasteiger partial charge is 0.265 e. The molecule has 3 rings (SSSR count). The number of benzene rings is 1. The molecule has 5 nitrogen and oxygen atoms in total. The fraction of sp³-hybridized carbons (Fsp3) is 0.389. The van der Waals surface area contributed by atoms with Crippen molar-refractivity contribution < 1.29 is 14.3 Å². The van der Waals surface area contributed by atoms with Crippen LogP contribution in [-0.2, 0) is 0 Å². The van der Waals surface area contributed by atoms with Gasteiger partial charge in [0.25, 0.3) is 5.91 Å². The largest absolute Gasteiger partial charge is 0.485 e. The molecule has 0 fully saturated rings. The van der Waals surface area contributed by atoms with E-state index in [0.717, 1.165) is 5.56 Å². The number of amides is 1. The van der Waals surface area contributed by atoms with E-state index in [1.165, 1.54) is 16.9 Å². The normalized spacial score (nSPS) is 14.5. The first-order valence-electron chi connectivity index (χ1n) is 8.07. The van der Waals surface area contributed by atoms with Crippen LogP contribution < -0.4 is 20.5 Å². The third-order valence-electron chi connectivity index (χ3n) is 4.02. The van der Waals surface area contributed by atoms with Gasteiger partial charge in [-0.05, 0) is 17.0 Å². The summed E-state index contributed by atoms with van der Waals surface area (Å²) in [6.45, 7) is 5.66. The second kappa shape index (κ2) is 7.23. The van der Waals surface area contributed by atoms with Gasteiger partial charge in [-0.2, -0.15) is 0 Å². The molecule has 1 aromatic carbocycles. The molecule has 1 atom stereocenters. The predicted molar refractivity (Wildman–Crippen MR) is 95.1 cm³/mol. The summed E-state index contributed by atoms with van der Waals surface area (Å²) in [6.07, 6.45) is 0. The highest BCUT2D eigenvalue weighted by molar-refractivity contribution is 7.12. The van der Waals surface area contributed by atoms with E-state index in [1.54, 1.807) is 5.38 Å². The number of hydrogen-bond acceptors (Lipinski definition) is 5. The van der Waals surface area contributed by atoms with Crippen molar-refractivity contribution in [2.45, 2.75) is 25.8 Å². The zero-order chi connectivity index (χ0) is 17.1. The highest BCUT2D eigenvalue weighted by Crippen LogP contribution is 2.39. The zero-order valence-corrected chi connectivity index (χ0v) is 14.7. The predicted octanol–water partition coefficient (Wildman–Crippen LogP) is 3.07. The number of nitrogens with two attached hydrogens (primary N) is 1. The minimum absolute atomic E-state index is 0.180. The molecule has 2 aromatic rings. The maximum atomic E-state index is 12.4. The lowest BCUT2D eigenvalue weighted by Gasteiger charge is -2.17. The van der Waals surface area contributed by atoms with Crippen molar-refractivity contribution in [3.05, 3.63) is 45.6 Å². The van der Waals surface area contributed by atoms with E-state index < -0.39 is 0 Å². The maximum absolute atomic E-state index is 12.4. The van der Waals surface area contributed by atoms with E-state index in [-0.39, 0.29) is 11.9 Å². The molecule has 1 aromatic heterocycles. The molecule has 0 bridgehead atoms. The molecule has 0 aliphatic carbocycles. The lowest BCUT2D eigenvalue weighted by molar-refractivity contribution is 0.0946.